The van der Waals surface area contributed by atoms with Crippen LogP contribution in [0.1, 0.15) is 31.7 Å². The summed E-state index contributed by atoms with van der Waals surface area (Å²) in [5.74, 6) is 0.648. The number of nitro groups is 1. The van der Waals surface area contributed by atoms with Gasteiger partial charge in [0.15, 0.2) is 0 Å². The van der Waals surface area contributed by atoms with Crippen LogP contribution in [-0.4, -0.2) is 11.0 Å². The lowest BCUT2D eigenvalue weighted by Gasteiger charge is -2.18. The lowest BCUT2D eigenvalue weighted by molar-refractivity contribution is -0.385. The maximum atomic E-state index is 10.9. The van der Waals surface area contributed by atoms with Gasteiger partial charge in [-0.3, -0.25) is 10.1 Å². The molecular weight excluding hydrogens is 216 g/mol. The Morgan fingerprint density at radius 2 is 2.18 bits per heavy atom. The topological polar surface area (TPSA) is 55.2 Å². The van der Waals surface area contributed by atoms with Crippen LogP contribution in [0.15, 0.2) is 18.2 Å². The highest BCUT2D eigenvalue weighted by Crippen LogP contribution is 2.29. The molecule has 1 aromatic rings. The Labute approximate surface area is 101 Å². The van der Waals surface area contributed by atoms with E-state index in [0.29, 0.717) is 17.5 Å². The molecular formula is C13H18N2O2. The van der Waals surface area contributed by atoms with Crippen LogP contribution in [0, 0.1) is 23.0 Å². The minimum atomic E-state index is -0.321. The predicted octanol–water partition coefficient (Wildman–Crippen LogP) is 3.50. The van der Waals surface area contributed by atoms with E-state index in [4.69, 9.17) is 0 Å². The molecule has 2 atom stereocenters. The molecule has 92 valence electrons. The SMILES string of the molecule is Cc1ccc(NC2CCCC2C)cc1[N+](=O)[O-]. The number of nitrogens with one attached hydrogen (secondary N) is 1. The van der Waals surface area contributed by atoms with E-state index in [-0.39, 0.29) is 10.6 Å². The molecule has 0 bridgehead atoms. The zero-order valence-corrected chi connectivity index (χ0v) is 10.3. The number of nitro benzene ring substituents is 1. The minimum absolute atomic E-state index is 0.195. The van der Waals surface area contributed by atoms with Crippen LogP contribution in [0.5, 0.6) is 0 Å². The fraction of sp³-hybridized carbons (Fsp3) is 0.538. The largest absolute Gasteiger partial charge is 0.382 e. The number of rotatable bonds is 3. The van der Waals surface area contributed by atoms with Crippen LogP contribution in [-0.2, 0) is 0 Å². The van der Waals surface area contributed by atoms with E-state index < -0.39 is 0 Å². The van der Waals surface area contributed by atoms with Crippen molar-refractivity contribution in [1.29, 1.82) is 0 Å². The van der Waals surface area contributed by atoms with Gasteiger partial charge in [-0.1, -0.05) is 19.4 Å². The first-order valence-corrected chi connectivity index (χ1v) is 6.09. The normalized spacial score (nSPS) is 23.6. The van der Waals surface area contributed by atoms with Crippen molar-refractivity contribution >= 4 is 11.4 Å². The van der Waals surface area contributed by atoms with Crippen molar-refractivity contribution in [2.24, 2.45) is 5.92 Å². The van der Waals surface area contributed by atoms with Crippen LogP contribution in [0.2, 0.25) is 0 Å². The highest BCUT2D eigenvalue weighted by molar-refractivity contribution is 5.55. The van der Waals surface area contributed by atoms with Crippen LogP contribution >= 0.6 is 0 Å². The van der Waals surface area contributed by atoms with Crippen molar-refractivity contribution in [3.63, 3.8) is 0 Å². The minimum Gasteiger partial charge on any atom is -0.382 e. The molecule has 2 unspecified atom stereocenters. The van der Waals surface area contributed by atoms with Gasteiger partial charge in [0.2, 0.25) is 0 Å². The summed E-state index contributed by atoms with van der Waals surface area (Å²) >= 11 is 0. The predicted molar refractivity (Wildman–Crippen MR) is 68.3 cm³/mol. The molecule has 1 aliphatic carbocycles. The molecule has 0 saturated heterocycles. The van der Waals surface area contributed by atoms with Crippen LogP contribution < -0.4 is 5.32 Å². The van der Waals surface area contributed by atoms with Crippen LogP contribution in [0.25, 0.3) is 0 Å². The molecule has 0 amide bonds. The Morgan fingerprint density at radius 1 is 1.41 bits per heavy atom. The molecule has 2 rings (SSSR count). The Balaban J connectivity index is 2.16. The van der Waals surface area contributed by atoms with Gasteiger partial charge in [0.25, 0.3) is 5.69 Å². The quantitative estimate of drug-likeness (QED) is 0.643. The standard InChI is InChI=1S/C13H18N2O2/c1-9-4-3-5-12(9)14-11-7-6-10(2)13(8-11)15(16)17/h6-9,12,14H,3-5H2,1-2H3. The third kappa shape index (κ3) is 2.57. The van der Waals surface area contributed by atoms with E-state index in [0.717, 1.165) is 12.1 Å². The van der Waals surface area contributed by atoms with Gasteiger partial charge in [0.05, 0.1) is 4.92 Å². The molecule has 0 radical (unpaired) electrons. The molecule has 1 aromatic carbocycles. The summed E-state index contributed by atoms with van der Waals surface area (Å²) < 4.78 is 0. The number of hydrogen-bond donors (Lipinski definition) is 1. The summed E-state index contributed by atoms with van der Waals surface area (Å²) in [6.07, 6.45) is 3.64. The Bertz CT molecular complexity index is 431. The zero-order chi connectivity index (χ0) is 12.4. The van der Waals surface area contributed by atoms with E-state index in [1.807, 2.05) is 6.07 Å². The summed E-state index contributed by atoms with van der Waals surface area (Å²) in [6.45, 7) is 3.99. The number of aryl methyl sites for hydroxylation is 1. The van der Waals surface area contributed by atoms with E-state index in [1.165, 1.54) is 12.8 Å². The molecule has 1 saturated carbocycles. The van der Waals surface area contributed by atoms with Gasteiger partial charge in [-0.15, -0.1) is 0 Å². The summed E-state index contributed by atoms with van der Waals surface area (Å²) in [5, 5.41) is 14.3. The number of nitrogens with zero attached hydrogens (tertiary/aromatic N) is 1. The summed E-state index contributed by atoms with van der Waals surface area (Å²) in [6, 6.07) is 5.82. The molecule has 1 N–H and O–H groups in total. The lowest BCUT2D eigenvalue weighted by Crippen LogP contribution is -2.21. The van der Waals surface area contributed by atoms with E-state index in [2.05, 4.69) is 12.2 Å². The van der Waals surface area contributed by atoms with E-state index in [1.54, 1.807) is 19.1 Å². The van der Waals surface area contributed by atoms with Gasteiger partial charge < -0.3 is 5.32 Å². The third-order valence-electron chi connectivity index (χ3n) is 3.62. The van der Waals surface area contributed by atoms with Crippen molar-refractivity contribution < 1.29 is 4.92 Å². The fourth-order valence-electron chi connectivity index (χ4n) is 2.47. The Hall–Kier alpha value is -1.58. The van der Waals surface area contributed by atoms with E-state index in [9.17, 15) is 10.1 Å². The van der Waals surface area contributed by atoms with Crippen LogP contribution in [0.4, 0.5) is 11.4 Å². The second kappa shape index (κ2) is 4.73. The third-order valence-corrected chi connectivity index (χ3v) is 3.62. The second-order valence-corrected chi connectivity index (χ2v) is 4.92. The van der Waals surface area contributed by atoms with E-state index >= 15 is 0 Å². The highest BCUT2D eigenvalue weighted by Gasteiger charge is 2.23. The van der Waals surface area contributed by atoms with Gasteiger partial charge in [-0.2, -0.15) is 0 Å². The molecule has 0 aliphatic heterocycles. The summed E-state index contributed by atoms with van der Waals surface area (Å²) in [5.41, 5.74) is 1.77. The molecule has 4 heteroatoms. The molecule has 0 aromatic heterocycles. The first-order chi connectivity index (χ1) is 8.08. The zero-order valence-electron chi connectivity index (χ0n) is 10.3. The van der Waals surface area contributed by atoms with Crippen molar-refractivity contribution in [2.75, 3.05) is 5.32 Å². The van der Waals surface area contributed by atoms with Gasteiger partial charge in [-0.05, 0) is 31.7 Å². The molecule has 4 nitrogen and oxygen atoms in total. The Kier molecular flexibility index (Phi) is 3.31. The smallest absolute Gasteiger partial charge is 0.274 e. The first-order valence-electron chi connectivity index (χ1n) is 6.09. The number of anilines is 1. The lowest BCUT2D eigenvalue weighted by atomic mass is 10.1. The molecule has 1 fully saturated rings. The first kappa shape index (κ1) is 11.9. The fourth-order valence-corrected chi connectivity index (χ4v) is 2.47. The molecule has 0 heterocycles. The van der Waals surface area contributed by atoms with Gasteiger partial charge in [-0.25, -0.2) is 0 Å². The van der Waals surface area contributed by atoms with Crippen molar-refractivity contribution in [1.82, 2.24) is 0 Å². The monoisotopic (exact) mass is 234 g/mol. The van der Waals surface area contributed by atoms with Gasteiger partial charge >= 0.3 is 0 Å². The van der Waals surface area contributed by atoms with Crippen molar-refractivity contribution in [3.8, 4) is 0 Å². The van der Waals surface area contributed by atoms with Crippen LogP contribution in [0.3, 0.4) is 0 Å². The maximum absolute atomic E-state index is 10.9. The van der Waals surface area contributed by atoms with Gasteiger partial charge in [0, 0.05) is 23.4 Å². The number of benzene rings is 1. The average Bonchev–Trinajstić information content (AvgIpc) is 2.67. The summed E-state index contributed by atoms with van der Waals surface area (Å²) in [4.78, 5) is 10.5. The summed E-state index contributed by atoms with van der Waals surface area (Å²) in [7, 11) is 0. The molecule has 0 spiro atoms. The Morgan fingerprint density at radius 3 is 2.76 bits per heavy atom. The van der Waals surface area contributed by atoms with Crippen molar-refractivity contribution in [3.05, 3.63) is 33.9 Å². The maximum Gasteiger partial charge on any atom is 0.274 e. The van der Waals surface area contributed by atoms with Gasteiger partial charge in [0.1, 0.15) is 0 Å². The second-order valence-electron chi connectivity index (χ2n) is 4.92. The average molecular weight is 234 g/mol. The highest BCUT2D eigenvalue weighted by atomic mass is 16.6. The molecule has 17 heavy (non-hydrogen) atoms. The van der Waals surface area contributed by atoms with Crippen molar-refractivity contribution in [2.45, 2.75) is 39.2 Å². The molecule has 1 aliphatic rings. The number of hydrogen-bond acceptors (Lipinski definition) is 3.